The summed E-state index contributed by atoms with van der Waals surface area (Å²) in [5.41, 5.74) is 2.18. The fourth-order valence-electron chi connectivity index (χ4n) is 3.28. The summed E-state index contributed by atoms with van der Waals surface area (Å²) >= 11 is 1.45. The highest BCUT2D eigenvalue weighted by Crippen LogP contribution is 2.21. The Labute approximate surface area is 170 Å². The zero-order valence-electron chi connectivity index (χ0n) is 16.5. The molecule has 1 fully saturated rings. The second-order valence-corrected chi connectivity index (χ2v) is 8.41. The van der Waals surface area contributed by atoms with Gasteiger partial charge < -0.3 is 15.0 Å². The number of rotatable bonds is 7. The van der Waals surface area contributed by atoms with Crippen LogP contribution in [0.3, 0.4) is 0 Å². The molecule has 1 aromatic heterocycles. The smallest absolute Gasteiger partial charge is 0.263 e. The Morgan fingerprint density at radius 3 is 2.64 bits per heavy atom. The van der Waals surface area contributed by atoms with Gasteiger partial charge in [0.05, 0.1) is 23.5 Å². The Hall–Kier alpha value is -2.18. The van der Waals surface area contributed by atoms with Gasteiger partial charge in [0.2, 0.25) is 5.91 Å². The molecule has 6 heteroatoms. The van der Waals surface area contributed by atoms with Crippen molar-refractivity contribution in [2.45, 2.75) is 45.9 Å². The average Bonchev–Trinajstić information content (AvgIpc) is 3.25. The number of piperidine rings is 1. The monoisotopic (exact) mass is 400 g/mol. The van der Waals surface area contributed by atoms with Gasteiger partial charge in [-0.1, -0.05) is 30.3 Å². The predicted octanol–water partition coefficient (Wildman–Crippen LogP) is 3.84. The van der Waals surface area contributed by atoms with Crippen LogP contribution in [0.15, 0.2) is 41.8 Å². The maximum Gasteiger partial charge on any atom is 0.263 e. The third-order valence-electron chi connectivity index (χ3n) is 4.88. The lowest BCUT2D eigenvalue weighted by Gasteiger charge is -2.31. The maximum absolute atomic E-state index is 12.6. The highest BCUT2D eigenvalue weighted by Gasteiger charge is 2.29. The first kappa shape index (κ1) is 20.6. The van der Waals surface area contributed by atoms with E-state index in [1.54, 1.807) is 0 Å². The lowest BCUT2D eigenvalue weighted by Crippen LogP contribution is -2.45. The summed E-state index contributed by atoms with van der Waals surface area (Å²) in [6.45, 7) is 6.35. The van der Waals surface area contributed by atoms with E-state index in [-0.39, 0.29) is 23.8 Å². The van der Waals surface area contributed by atoms with Crippen molar-refractivity contribution in [2.24, 2.45) is 5.92 Å². The number of nitrogens with one attached hydrogen (secondary N) is 1. The lowest BCUT2D eigenvalue weighted by molar-refractivity contribution is -0.126. The van der Waals surface area contributed by atoms with E-state index in [0.29, 0.717) is 19.7 Å². The van der Waals surface area contributed by atoms with Crippen LogP contribution in [0.1, 0.15) is 47.5 Å². The van der Waals surface area contributed by atoms with Crippen molar-refractivity contribution in [3.8, 4) is 0 Å². The van der Waals surface area contributed by atoms with Crippen molar-refractivity contribution in [1.29, 1.82) is 0 Å². The van der Waals surface area contributed by atoms with Gasteiger partial charge in [-0.15, -0.1) is 11.3 Å². The summed E-state index contributed by atoms with van der Waals surface area (Å²) in [6, 6.07) is 11.8. The second kappa shape index (κ2) is 9.85. The van der Waals surface area contributed by atoms with Crippen molar-refractivity contribution in [1.82, 2.24) is 10.2 Å². The molecule has 150 valence electrons. The molecule has 1 N–H and O–H groups in total. The number of likely N-dealkylation sites (tertiary alicyclic amines) is 1. The molecule has 0 saturated carbocycles. The summed E-state index contributed by atoms with van der Waals surface area (Å²) in [5.74, 6) is -0.0843. The highest BCUT2D eigenvalue weighted by atomic mass is 32.1. The van der Waals surface area contributed by atoms with Crippen molar-refractivity contribution in [3.63, 3.8) is 0 Å². The molecule has 28 heavy (non-hydrogen) atoms. The zero-order chi connectivity index (χ0) is 19.9. The van der Waals surface area contributed by atoms with Crippen LogP contribution in [0.2, 0.25) is 0 Å². The minimum atomic E-state index is -0.142. The number of benzene rings is 1. The highest BCUT2D eigenvalue weighted by molar-refractivity contribution is 7.12. The summed E-state index contributed by atoms with van der Waals surface area (Å²) in [6.07, 6.45) is 1.89. The van der Waals surface area contributed by atoms with Gasteiger partial charge >= 0.3 is 0 Å². The molecule has 1 aliphatic rings. The first-order valence-electron chi connectivity index (χ1n) is 9.83. The molecular formula is C22H28N2O3S. The minimum Gasteiger partial charge on any atom is -0.374 e. The number of amides is 2. The van der Waals surface area contributed by atoms with Gasteiger partial charge in [0.25, 0.3) is 5.91 Å². The van der Waals surface area contributed by atoms with Crippen LogP contribution in [0.4, 0.5) is 0 Å². The number of hydrogen-bond acceptors (Lipinski definition) is 4. The summed E-state index contributed by atoms with van der Waals surface area (Å²) in [7, 11) is 0. The van der Waals surface area contributed by atoms with E-state index >= 15 is 0 Å². The molecule has 0 radical (unpaired) electrons. The average molecular weight is 401 g/mol. The Kier molecular flexibility index (Phi) is 7.23. The van der Waals surface area contributed by atoms with Gasteiger partial charge in [0, 0.05) is 19.6 Å². The standard InChI is InChI=1S/C22H28N2O3S/c1-16(2)27-15-18-9-7-17(8-10-18)13-23-21(25)19-5-3-11-24(14-19)22(26)20-6-4-12-28-20/h4,6-10,12,16,19H,3,5,11,13-15H2,1-2H3,(H,23,25). The molecule has 1 atom stereocenters. The zero-order valence-corrected chi connectivity index (χ0v) is 17.3. The third kappa shape index (κ3) is 5.66. The number of thiophene rings is 1. The molecule has 2 amide bonds. The fourth-order valence-corrected chi connectivity index (χ4v) is 3.97. The molecule has 1 unspecified atom stereocenters. The Morgan fingerprint density at radius 2 is 1.96 bits per heavy atom. The molecular weight excluding hydrogens is 372 g/mol. The first-order valence-corrected chi connectivity index (χ1v) is 10.7. The molecule has 5 nitrogen and oxygen atoms in total. The summed E-state index contributed by atoms with van der Waals surface area (Å²) < 4.78 is 5.60. The topological polar surface area (TPSA) is 58.6 Å². The third-order valence-corrected chi connectivity index (χ3v) is 5.74. The van der Waals surface area contributed by atoms with Crippen molar-refractivity contribution >= 4 is 23.2 Å². The van der Waals surface area contributed by atoms with Crippen LogP contribution in [0.25, 0.3) is 0 Å². The number of hydrogen-bond donors (Lipinski definition) is 1. The lowest BCUT2D eigenvalue weighted by atomic mass is 9.97. The SMILES string of the molecule is CC(C)OCc1ccc(CNC(=O)C2CCCN(C(=O)c3cccs3)C2)cc1. The molecule has 2 aromatic rings. The van der Waals surface area contributed by atoms with Crippen LogP contribution in [-0.4, -0.2) is 35.9 Å². The maximum atomic E-state index is 12.6. The van der Waals surface area contributed by atoms with E-state index in [1.807, 2.05) is 60.5 Å². The Balaban J connectivity index is 1.48. The number of ether oxygens (including phenoxy) is 1. The Bertz CT molecular complexity index is 772. The van der Waals surface area contributed by atoms with Crippen molar-refractivity contribution in [3.05, 3.63) is 57.8 Å². The number of nitrogens with zero attached hydrogens (tertiary/aromatic N) is 1. The minimum absolute atomic E-state index is 0.0240. The molecule has 1 aromatic carbocycles. The van der Waals surface area contributed by atoms with Crippen LogP contribution >= 0.6 is 11.3 Å². The number of carbonyl (C=O) groups is 2. The van der Waals surface area contributed by atoms with Gasteiger partial charge in [-0.25, -0.2) is 0 Å². The van der Waals surface area contributed by atoms with Crippen LogP contribution in [0.5, 0.6) is 0 Å². The molecule has 3 rings (SSSR count). The summed E-state index contributed by atoms with van der Waals surface area (Å²) in [5, 5.41) is 4.93. The number of carbonyl (C=O) groups excluding carboxylic acids is 2. The molecule has 0 aliphatic carbocycles. The van der Waals surface area contributed by atoms with E-state index in [9.17, 15) is 9.59 Å². The molecule has 1 aliphatic heterocycles. The van der Waals surface area contributed by atoms with Crippen LogP contribution in [-0.2, 0) is 22.7 Å². The van der Waals surface area contributed by atoms with Gasteiger partial charge in [-0.2, -0.15) is 0 Å². The largest absolute Gasteiger partial charge is 0.374 e. The first-order chi connectivity index (χ1) is 13.5. The molecule has 2 heterocycles. The van der Waals surface area contributed by atoms with Crippen LogP contribution < -0.4 is 5.32 Å². The van der Waals surface area contributed by atoms with Crippen LogP contribution in [0, 0.1) is 5.92 Å². The molecule has 0 spiro atoms. The fraction of sp³-hybridized carbons (Fsp3) is 0.455. The van der Waals surface area contributed by atoms with Gasteiger partial charge in [0.1, 0.15) is 0 Å². The normalized spacial score (nSPS) is 17.0. The summed E-state index contributed by atoms with van der Waals surface area (Å²) in [4.78, 5) is 27.7. The quantitative estimate of drug-likeness (QED) is 0.768. The van der Waals surface area contributed by atoms with E-state index in [1.165, 1.54) is 11.3 Å². The van der Waals surface area contributed by atoms with E-state index in [2.05, 4.69) is 5.32 Å². The van der Waals surface area contributed by atoms with Crippen molar-refractivity contribution in [2.75, 3.05) is 13.1 Å². The van der Waals surface area contributed by atoms with Gasteiger partial charge in [-0.3, -0.25) is 9.59 Å². The van der Waals surface area contributed by atoms with E-state index in [0.717, 1.165) is 35.4 Å². The second-order valence-electron chi connectivity index (χ2n) is 7.46. The Morgan fingerprint density at radius 1 is 1.21 bits per heavy atom. The molecule has 1 saturated heterocycles. The van der Waals surface area contributed by atoms with E-state index < -0.39 is 0 Å². The van der Waals surface area contributed by atoms with Crippen molar-refractivity contribution < 1.29 is 14.3 Å². The van der Waals surface area contributed by atoms with Gasteiger partial charge in [-0.05, 0) is 49.3 Å². The van der Waals surface area contributed by atoms with E-state index in [4.69, 9.17) is 4.74 Å². The van der Waals surface area contributed by atoms with Gasteiger partial charge in [0.15, 0.2) is 0 Å². The predicted molar refractivity (Wildman–Crippen MR) is 111 cm³/mol. The molecule has 0 bridgehead atoms.